The first-order chi connectivity index (χ1) is 17.7. The number of tetrazole rings is 1. The van der Waals surface area contributed by atoms with Crippen LogP contribution in [0, 0.1) is 11.8 Å². The van der Waals surface area contributed by atoms with Crippen molar-refractivity contribution in [1.82, 2.24) is 25.6 Å². The van der Waals surface area contributed by atoms with Crippen LogP contribution in [0.2, 0.25) is 0 Å². The van der Waals surface area contributed by atoms with Gasteiger partial charge < -0.3 is 10.6 Å². The van der Waals surface area contributed by atoms with E-state index >= 15 is 0 Å². The van der Waals surface area contributed by atoms with E-state index in [-0.39, 0.29) is 5.91 Å². The Hall–Kier alpha value is -4.03. The van der Waals surface area contributed by atoms with Gasteiger partial charge in [-0.3, -0.25) is 4.79 Å². The van der Waals surface area contributed by atoms with Crippen LogP contribution in [0.25, 0.3) is 11.4 Å². The van der Waals surface area contributed by atoms with Crippen LogP contribution in [0.3, 0.4) is 0 Å². The molecule has 1 aliphatic rings. The Morgan fingerprint density at radius 1 is 1.19 bits per heavy atom. The number of hydrogen-bond acceptors (Lipinski definition) is 7. The Morgan fingerprint density at radius 2 is 2.11 bits per heavy atom. The number of unbranched alkanes of at least 4 members (excludes halogenated alkanes) is 1. The molecule has 4 aromatic rings. The number of carbonyl (C=O) groups is 1. The van der Waals surface area contributed by atoms with Crippen molar-refractivity contribution >= 4 is 28.6 Å². The lowest BCUT2D eigenvalue weighted by atomic mass is 9.83. The number of carbonyl (C=O) groups excluding carboxylic acids is 1. The Morgan fingerprint density at radius 3 is 2.89 bits per heavy atom. The second-order valence-corrected chi connectivity index (χ2v) is 9.62. The van der Waals surface area contributed by atoms with E-state index < -0.39 is 0 Å². The molecule has 0 atom stereocenters. The normalized spacial score (nSPS) is 12.9. The van der Waals surface area contributed by atoms with Gasteiger partial charge in [0.1, 0.15) is 0 Å². The highest BCUT2D eigenvalue weighted by atomic mass is 32.1. The number of H-pyrrole nitrogens is 1. The first-order valence-corrected chi connectivity index (χ1v) is 13.1. The third kappa shape index (κ3) is 5.61. The highest BCUT2D eigenvalue weighted by molar-refractivity contribution is 7.10. The lowest BCUT2D eigenvalue weighted by Crippen LogP contribution is -2.15. The van der Waals surface area contributed by atoms with Crippen molar-refractivity contribution in [3.05, 3.63) is 69.7 Å². The predicted octanol–water partition coefficient (Wildman–Crippen LogP) is 5.45. The van der Waals surface area contributed by atoms with E-state index in [1.165, 1.54) is 25.0 Å². The third-order valence-electron chi connectivity index (χ3n) is 6.19. The summed E-state index contributed by atoms with van der Waals surface area (Å²) in [5, 5.41) is 23.5. The van der Waals surface area contributed by atoms with E-state index in [1.807, 2.05) is 36.4 Å². The molecule has 9 heteroatoms. The number of aromatic amines is 1. The van der Waals surface area contributed by atoms with E-state index in [1.54, 1.807) is 17.4 Å². The Balaban J connectivity index is 1.31. The summed E-state index contributed by atoms with van der Waals surface area (Å²) in [4.78, 5) is 17.9. The molecule has 1 aliphatic carbocycles. The molecule has 0 unspecified atom stereocenters. The first kappa shape index (κ1) is 23.7. The number of hydrogen-bond donors (Lipinski definition) is 3. The molecule has 0 saturated heterocycles. The van der Waals surface area contributed by atoms with Crippen LogP contribution in [-0.2, 0) is 0 Å². The highest BCUT2D eigenvalue weighted by Gasteiger charge is 2.21. The number of anilines is 2. The third-order valence-corrected chi connectivity index (χ3v) is 6.97. The van der Waals surface area contributed by atoms with Crippen molar-refractivity contribution in [2.24, 2.45) is 0 Å². The second-order valence-electron chi connectivity index (χ2n) is 8.77. The van der Waals surface area contributed by atoms with Gasteiger partial charge in [0.2, 0.25) is 5.82 Å². The largest absolute Gasteiger partial charge is 0.384 e. The zero-order valence-corrected chi connectivity index (χ0v) is 20.9. The predicted molar refractivity (Wildman–Crippen MR) is 142 cm³/mol. The van der Waals surface area contributed by atoms with Crippen LogP contribution < -0.4 is 10.6 Å². The molecule has 0 bridgehead atoms. The summed E-state index contributed by atoms with van der Waals surface area (Å²) in [6.45, 7) is 2.89. The van der Waals surface area contributed by atoms with Crippen LogP contribution in [-0.4, -0.2) is 38.1 Å². The van der Waals surface area contributed by atoms with Crippen molar-refractivity contribution in [2.45, 2.75) is 44.9 Å². The molecular weight excluding hydrogens is 470 g/mol. The van der Waals surface area contributed by atoms with Crippen LogP contribution in [0.4, 0.5) is 11.4 Å². The number of nitrogens with zero attached hydrogens (tertiary/aromatic N) is 4. The maximum absolute atomic E-state index is 13.2. The zero-order chi connectivity index (χ0) is 24.7. The van der Waals surface area contributed by atoms with Gasteiger partial charge in [-0.15, -0.1) is 21.5 Å². The van der Waals surface area contributed by atoms with Gasteiger partial charge >= 0.3 is 0 Å². The number of rotatable bonds is 8. The monoisotopic (exact) mass is 497 g/mol. The van der Waals surface area contributed by atoms with E-state index in [2.05, 4.69) is 60.4 Å². The van der Waals surface area contributed by atoms with E-state index in [0.717, 1.165) is 41.2 Å². The van der Waals surface area contributed by atoms with Crippen LogP contribution >= 0.6 is 11.3 Å². The Labute approximate surface area is 214 Å². The quantitative estimate of drug-likeness (QED) is 0.220. The molecule has 1 saturated carbocycles. The molecule has 36 heavy (non-hydrogen) atoms. The molecule has 0 radical (unpaired) electrons. The van der Waals surface area contributed by atoms with Crippen molar-refractivity contribution < 1.29 is 4.79 Å². The standard InChI is InChI=1S/C27H27N7OS/c1-2-3-14-28-23-16-20(26-31-33-34-32-26)11-12-22(23)27(35)29-21-9-4-6-18(15-21)10-13-25-30-24(17-36-25)19-7-5-8-19/h4,6,9,11-12,15-17,19,28H,2-3,5,7-8,14H2,1H3,(H,29,35)(H,31,32,33,34). The SMILES string of the molecule is CCCCNc1cc(-c2nn[nH]n2)ccc1C(=O)Nc1cccc(C#Cc2nc(C3CCC3)cs2)c1. The lowest BCUT2D eigenvalue weighted by molar-refractivity contribution is 0.102. The summed E-state index contributed by atoms with van der Waals surface area (Å²) in [5.74, 6) is 7.24. The summed E-state index contributed by atoms with van der Waals surface area (Å²) >= 11 is 1.59. The number of nitrogens with one attached hydrogen (secondary N) is 3. The average Bonchev–Trinajstić information content (AvgIpc) is 3.55. The van der Waals surface area contributed by atoms with Gasteiger partial charge in [-0.1, -0.05) is 37.8 Å². The molecule has 0 aliphatic heterocycles. The van der Waals surface area contributed by atoms with Gasteiger partial charge in [-0.05, 0) is 60.7 Å². The fourth-order valence-electron chi connectivity index (χ4n) is 3.95. The molecule has 2 aromatic carbocycles. The maximum Gasteiger partial charge on any atom is 0.257 e. The van der Waals surface area contributed by atoms with Gasteiger partial charge in [0.05, 0.1) is 11.3 Å². The summed E-state index contributed by atoms with van der Waals surface area (Å²) < 4.78 is 0. The Kier molecular flexibility index (Phi) is 7.33. The molecule has 182 valence electrons. The topological polar surface area (TPSA) is 108 Å². The lowest BCUT2D eigenvalue weighted by Gasteiger charge is -2.22. The van der Waals surface area contributed by atoms with Crippen LogP contribution in [0.5, 0.6) is 0 Å². The minimum absolute atomic E-state index is 0.205. The average molecular weight is 498 g/mol. The summed E-state index contributed by atoms with van der Waals surface area (Å²) in [6.07, 6.45) is 5.80. The molecule has 1 fully saturated rings. The van der Waals surface area contributed by atoms with Gasteiger partial charge in [0, 0.05) is 40.3 Å². The van der Waals surface area contributed by atoms with Gasteiger partial charge in [0.25, 0.3) is 5.91 Å². The zero-order valence-electron chi connectivity index (χ0n) is 20.0. The second kappa shape index (κ2) is 11.1. The molecular formula is C27H27N7OS. The first-order valence-electron chi connectivity index (χ1n) is 12.2. The van der Waals surface area contributed by atoms with Gasteiger partial charge in [-0.2, -0.15) is 5.21 Å². The molecule has 3 N–H and O–H groups in total. The van der Waals surface area contributed by atoms with Crippen LogP contribution in [0.15, 0.2) is 47.8 Å². The van der Waals surface area contributed by atoms with Crippen molar-refractivity contribution in [1.29, 1.82) is 0 Å². The van der Waals surface area contributed by atoms with Crippen molar-refractivity contribution in [3.63, 3.8) is 0 Å². The fraction of sp³-hybridized carbons (Fsp3) is 0.296. The molecule has 8 nitrogen and oxygen atoms in total. The van der Waals surface area contributed by atoms with E-state index in [0.29, 0.717) is 23.0 Å². The molecule has 2 heterocycles. The summed E-state index contributed by atoms with van der Waals surface area (Å²) in [5.41, 5.74) is 4.72. The number of benzene rings is 2. The highest BCUT2D eigenvalue weighted by Crippen LogP contribution is 2.36. The van der Waals surface area contributed by atoms with Crippen LogP contribution in [0.1, 0.15) is 71.6 Å². The smallest absolute Gasteiger partial charge is 0.257 e. The minimum atomic E-state index is -0.205. The minimum Gasteiger partial charge on any atom is -0.384 e. The Bertz CT molecular complexity index is 1400. The summed E-state index contributed by atoms with van der Waals surface area (Å²) in [7, 11) is 0. The maximum atomic E-state index is 13.2. The number of amides is 1. The molecule has 1 amide bonds. The fourth-order valence-corrected chi connectivity index (χ4v) is 4.69. The van der Waals surface area contributed by atoms with Gasteiger partial charge in [0.15, 0.2) is 5.01 Å². The van der Waals surface area contributed by atoms with Gasteiger partial charge in [-0.25, -0.2) is 4.98 Å². The van der Waals surface area contributed by atoms with E-state index in [4.69, 9.17) is 0 Å². The van der Waals surface area contributed by atoms with Crippen molar-refractivity contribution in [2.75, 3.05) is 17.2 Å². The molecule has 2 aromatic heterocycles. The van der Waals surface area contributed by atoms with Crippen molar-refractivity contribution in [3.8, 4) is 23.2 Å². The number of aromatic nitrogens is 5. The molecule has 0 spiro atoms. The summed E-state index contributed by atoms with van der Waals surface area (Å²) in [6, 6.07) is 13.0. The molecule has 5 rings (SSSR count). The number of thiazole rings is 1. The van der Waals surface area contributed by atoms with E-state index in [9.17, 15) is 4.79 Å².